The molecule has 3 nitrogen and oxygen atoms in total. The van der Waals surface area contributed by atoms with Gasteiger partial charge in [0.05, 0.1) is 18.6 Å². The fraction of sp³-hybridized carbons (Fsp3) is 0.571. The van der Waals surface area contributed by atoms with Gasteiger partial charge in [-0.2, -0.15) is 0 Å². The molecule has 102 valence electrons. The summed E-state index contributed by atoms with van der Waals surface area (Å²) in [6.07, 6.45) is 1.02. The highest BCUT2D eigenvalue weighted by molar-refractivity contribution is 6.21. The summed E-state index contributed by atoms with van der Waals surface area (Å²) in [4.78, 5) is 1.96. The monoisotopic (exact) mass is 271 g/mol. The Kier molecular flexibility index (Phi) is 7.28. The summed E-state index contributed by atoms with van der Waals surface area (Å²) >= 11 is 6.36. The van der Waals surface area contributed by atoms with Crippen molar-refractivity contribution in [2.24, 2.45) is 0 Å². The lowest BCUT2D eigenvalue weighted by Crippen LogP contribution is -2.32. The standard InChI is InChI=1S/C14H22ClNO2/c1-2-12-3-5-13(6-4-12)14(15)11-16(7-9-17)8-10-18/h3-6,14,17-18H,2,7-11H2,1H3. The molecule has 18 heavy (non-hydrogen) atoms. The number of benzene rings is 1. The summed E-state index contributed by atoms with van der Waals surface area (Å²) < 4.78 is 0. The van der Waals surface area contributed by atoms with Crippen molar-refractivity contribution in [3.8, 4) is 0 Å². The average Bonchev–Trinajstić information content (AvgIpc) is 2.39. The first-order valence-corrected chi connectivity index (χ1v) is 6.81. The molecular formula is C14H22ClNO2. The van der Waals surface area contributed by atoms with Gasteiger partial charge in [0.2, 0.25) is 0 Å². The highest BCUT2D eigenvalue weighted by atomic mass is 35.5. The van der Waals surface area contributed by atoms with Gasteiger partial charge in [-0.3, -0.25) is 4.90 Å². The minimum Gasteiger partial charge on any atom is -0.395 e. The summed E-state index contributed by atoms with van der Waals surface area (Å²) in [5.74, 6) is 0. The van der Waals surface area contributed by atoms with Crippen LogP contribution in [-0.2, 0) is 6.42 Å². The first-order valence-electron chi connectivity index (χ1n) is 6.38. The van der Waals surface area contributed by atoms with Gasteiger partial charge in [0.25, 0.3) is 0 Å². The zero-order chi connectivity index (χ0) is 13.4. The van der Waals surface area contributed by atoms with Crippen molar-refractivity contribution in [1.82, 2.24) is 4.90 Å². The van der Waals surface area contributed by atoms with Crippen LogP contribution < -0.4 is 0 Å². The molecule has 1 aromatic carbocycles. The van der Waals surface area contributed by atoms with Crippen molar-refractivity contribution >= 4 is 11.6 Å². The van der Waals surface area contributed by atoms with Crippen molar-refractivity contribution in [2.75, 3.05) is 32.8 Å². The van der Waals surface area contributed by atoms with Gasteiger partial charge in [0, 0.05) is 19.6 Å². The second-order valence-corrected chi connectivity index (χ2v) is 4.84. The van der Waals surface area contributed by atoms with Gasteiger partial charge in [0.15, 0.2) is 0 Å². The molecule has 0 aliphatic rings. The SMILES string of the molecule is CCc1ccc(C(Cl)CN(CCO)CCO)cc1. The minimum atomic E-state index is -0.117. The molecule has 4 heteroatoms. The Bertz CT molecular complexity index is 323. The van der Waals surface area contributed by atoms with Crippen LogP contribution in [0.2, 0.25) is 0 Å². The summed E-state index contributed by atoms with van der Waals surface area (Å²) in [5.41, 5.74) is 2.37. The predicted molar refractivity (Wildman–Crippen MR) is 75.0 cm³/mol. The lowest BCUT2D eigenvalue weighted by molar-refractivity contribution is 0.161. The average molecular weight is 272 g/mol. The molecule has 0 saturated carbocycles. The number of halogens is 1. The Morgan fingerprint density at radius 2 is 1.67 bits per heavy atom. The Morgan fingerprint density at radius 3 is 2.11 bits per heavy atom. The highest BCUT2D eigenvalue weighted by Crippen LogP contribution is 2.22. The maximum absolute atomic E-state index is 8.95. The molecule has 0 amide bonds. The van der Waals surface area contributed by atoms with E-state index in [0.29, 0.717) is 19.6 Å². The van der Waals surface area contributed by atoms with Gasteiger partial charge < -0.3 is 10.2 Å². The third-order valence-corrected chi connectivity index (χ3v) is 3.39. The molecule has 0 fully saturated rings. The molecule has 0 spiro atoms. The van der Waals surface area contributed by atoms with Gasteiger partial charge in [-0.25, -0.2) is 0 Å². The molecule has 0 aromatic heterocycles. The Hall–Kier alpha value is -0.610. The van der Waals surface area contributed by atoms with Gasteiger partial charge in [-0.05, 0) is 17.5 Å². The third kappa shape index (κ3) is 4.94. The molecule has 2 N–H and O–H groups in total. The van der Waals surface area contributed by atoms with Crippen molar-refractivity contribution in [3.05, 3.63) is 35.4 Å². The van der Waals surface area contributed by atoms with Crippen LogP contribution in [0.15, 0.2) is 24.3 Å². The van der Waals surface area contributed by atoms with E-state index in [1.165, 1.54) is 5.56 Å². The van der Waals surface area contributed by atoms with Gasteiger partial charge >= 0.3 is 0 Å². The summed E-state index contributed by atoms with van der Waals surface area (Å²) in [5, 5.41) is 17.8. The van der Waals surface area contributed by atoms with E-state index in [0.717, 1.165) is 12.0 Å². The summed E-state index contributed by atoms with van der Waals surface area (Å²) in [7, 11) is 0. The fourth-order valence-electron chi connectivity index (χ4n) is 1.87. The molecule has 0 aliphatic carbocycles. The van der Waals surface area contributed by atoms with Crippen LogP contribution in [0.3, 0.4) is 0 Å². The molecule has 0 saturated heterocycles. The van der Waals surface area contributed by atoms with Gasteiger partial charge in [0.1, 0.15) is 0 Å². The van der Waals surface area contributed by atoms with E-state index in [2.05, 4.69) is 19.1 Å². The van der Waals surface area contributed by atoms with E-state index in [4.69, 9.17) is 21.8 Å². The fourth-order valence-corrected chi connectivity index (χ4v) is 2.21. The second-order valence-electron chi connectivity index (χ2n) is 4.31. The Morgan fingerprint density at radius 1 is 1.11 bits per heavy atom. The maximum Gasteiger partial charge on any atom is 0.0712 e. The Labute approximate surface area is 114 Å². The topological polar surface area (TPSA) is 43.7 Å². The van der Waals surface area contributed by atoms with E-state index in [1.54, 1.807) is 0 Å². The highest BCUT2D eigenvalue weighted by Gasteiger charge is 2.13. The van der Waals surface area contributed by atoms with E-state index in [-0.39, 0.29) is 18.6 Å². The maximum atomic E-state index is 8.95. The van der Waals surface area contributed by atoms with Crippen molar-refractivity contribution in [3.63, 3.8) is 0 Å². The molecule has 1 atom stereocenters. The van der Waals surface area contributed by atoms with Crippen LogP contribution in [-0.4, -0.2) is 48.0 Å². The normalized spacial score (nSPS) is 12.9. The molecule has 0 heterocycles. The van der Waals surface area contributed by atoms with Crippen LogP contribution in [0.4, 0.5) is 0 Å². The summed E-state index contributed by atoms with van der Waals surface area (Å²) in [6.45, 7) is 4.00. The molecule has 1 aromatic rings. The van der Waals surface area contributed by atoms with E-state index in [1.807, 2.05) is 17.0 Å². The predicted octanol–water partition coefficient (Wildman–Crippen LogP) is 1.82. The number of rotatable bonds is 8. The first-order chi connectivity index (χ1) is 8.71. The summed E-state index contributed by atoms with van der Waals surface area (Å²) in [6, 6.07) is 8.28. The van der Waals surface area contributed by atoms with Crippen molar-refractivity contribution in [1.29, 1.82) is 0 Å². The van der Waals surface area contributed by atoms with E-state index in [9.17, 15) is 0 Å². The quantitative estimate of drug-likeness (QED) is 0.709. The molecule has 0 radical (unpaired) electrons. The van der Waals surface area contributed by atoms with E-state index >= 15 is 0 Å². The smallest absolute Gasteiger partial charge is 0.0712 e. The van der Waals surface area contributed by atoms with Crippen molar-refractivity contribution < 1.29 is 10.2 Å². The number of nitrogens with zero attached hydrogens (tertiary/aromatic N) is 1. The zero-order valence-electron chi connectivity index (χ0n) is 10.8. The zero-order valence-corrected chi connectivity index (χ0v) is 11.6. The molecule has 0 bridgehead atoms. The third-order valence-electron chi connectivity index (χ3n) is 3.00. The van der Waals surface area contributed by atoms with Gasteiger partial charge in [-0.1, -0.05) is 31.2 Å². The molecule has 0 aliphatic heterocycles. The number of alkyl halides is 1. The number of aliphatic hydroxyl groups excluding tert-OH is 2. The van der Waals surface area contributed by atoms with Crippen molar-refractivity contribution in [2.45, 2.75) is 18.7 Å². The van der Waals surface area contributed by atoms with Gasteiger partial charge in [-0.15, -0.1) is 11.6 Å². The minimum absolute atomic E-state index is 0.0817. The number of hydrogen-bond donors (Lipinski definition) is 2. The lowest BCUT2D eigenvalue weighted by atomic mass is 10.1. The molecule has 1 rings (SSSR count). The number of hydrogen-bond acceptors (Lipinski definition) is 3. The van der Waals surface area contributed by atoms with Crippen LogP contribution in [0.1, 0.15) is 23.4 Å². The van der Waals surface area contributed by atoms with Crippen LogP contribution >= 0.6 is 11.6 Å². The van der Waals surface area contributed by atoms with E-state index < -0.39 is 0 Å². The Balaban J connectivity index is 2.58. The van der Waals surface area contributed by atoms with Crippen LogP contribution in [0.5, 0.6) is 0 Å². The molecular weight excluding hydrogens is 250 g/mol. The first kappa shape index (κ1) is 15.4. The van der Waals surface area contributed by atoms with Crippen LogP contribution in [0.25, 0.3) is 0 Å². The molecule has 1 unspecified atom stereocenters. The number of aryl methyl sites for hydroxylation is 1. The lowest BCUT2D eigenvalue weighted by Gasteiger charge is -2.23. The second kappa shape index (κ2) is 8.48. The van der Waals surface area contributed by atoms with Crippen LogP contribution in [0, 0.1) is 0 Å². The number of aliphatic hydroxyl groups is 2. The largest absolute Gasteiger partial charge is 0.395 e.